The lowest BCUT2D eigenvalue weighted by Crippen LogP contribution is -2.44. The van der Waals surface area contributed by atoms with E-state index in [4.69, 9.17) is 0 Å². The van der Waals surface area contributed by atoms with Gasteiger partial charge >= 0.3 is 0 Å². The Kier molecular flexibility index (Phi) is 3.93. The molecule has 1 aromatic heterocycles. The molecular formula is C21H21FN4O. The number of H-pyrrole nitrogens is 1. The maximum Gasteiger partial charge on any atom is 0.241 e. The third-order valence-corrected chi connectivity index (χ3v) is 5.73. The van der Waals surface area contributed by atoms with Gasteiger partial charge in [-0.05, 0) is 61.1 Å². The summed E-state index contributed by atoms with van der Waals surface area (Å²) in [6.07, 6.45) is 4.05. The van der Waals surface area contributed by atoms with Crippen LogP contribution in [0.5, 0.6) is 0 Å². The van der Waals surface area contributed by atoms with Crippen LogP contribution >= 0.6 is 0 Å². The first-order valence-electron chi connectivity index (χ1n) is 9.44. The summed E-state index contributed by atoms with van der Waals surface area (Å²) in [7, 11) is 0. The number of aromatic nitrogens is 2. The largest absolute Gasteiger partial charge is 0.342 e. The number of rotatable bonds is 4. The summed E-state index contributed by atoms with van der Waals surface area (Å²) < 4.78 is 13.0. The van der Waals surface area contributed by atoms with Crippen molar-refractivity contribution in [2.24, 2.45) is 5.92 Å². The monoisotopic (exact) mass is 364 g/mol. The first kappa shape index (κ1) is 16.4. The summed E-state index contributed by atoms with van der Waals surface area (Å²) >= 11 is 0. The van der Waals surface area contributed by atoms with Crippen LogP contribution in [0, 0.1) is 11.7 Å². The highest BCUT2D eigenvalue weighted by Crippen LogP contribution is 2.35. The average molecular weight is 364 g/mol. The molecule has 5 rings (SSSR count). The number of halogens is 1. The van der Waals surface area contributed by atoms with Gasteiger partial charge in [-0.1, -0.05) is 12.1 Å². The van der Waals surface area contributed by atoms with Crippen LogP contribution in [-0.2, 0) is 11.2 Å². The van der Waals surface area contributed by atoms with Crippen LogP contribution < -0.4 is 10.6 Å². The SMILES string of the molecule is O=C(Nc1ccc2nc(Cc3ccc(F)cc3)[nH]c2c1)[C@H]1N[C@@H]2CC[C@H]1C2. The molecule has 138 valence electrons. The van der Waals surface area contributed by atoms with Gasteiger partial charge in [-0.15, -0.1) is 0 Å². The van der Waals surface area contributed by atoms with Crippen LogP contribution in [0.15, 0.2) is 42.5 Å². The Morgan fingerprint density at radius 1 is 1.19 bits per heavy atom. The van der Waals surface area contributed by atoms with E-state index in [1.54, 1.807) is 12.1 Å². The summed E-state index contributed by atoms with van der Waals surface area (Å²) in [5.74, 6) is 1.09. The Morgan fingerprint density at radius 3 is 2.78 bits per heavy atom. The van der Waals surface area contributed by atoms with Gasteiger partial charge in [0.2, 0.25) is 5.91 Å². The molecule has 27 heavy (non-hydrogen) atoms. The lowest BCUT2D eigenvalue weighted by atomic mass is 9.99. The van der Waals surface area contributed by atoms with Crippen molar-refractivity contribution in [3.05, 3.63) is 59.7 Å². The van der Waals surface area contributed by atoms with Crippen molar-refractivity contribution in [2.45, 2.75) is 37.8 Å². The zero-order valence-corrected chi connectivity index (χ0v) is 14.8. The quantitative estimate of drug-likeness (QED) is 0.665. The Labute approximate surface area is 156 Å². The Morgan fingerprint density at radius 2 is 2.04 bits per heavy atom. The minimum Gasteiger partial charge on any atom is -0.342 e. The fourth-order valence-electron chi connectivity index (χ4n) is 4.39. The molecule has 3 atom stereocenters. The van der Waals surface area contributed by atoms with E-state index in [1.807, 2.05) is 18.2 Å². The van der Waals surface area contributed by atoms with Crippen molar-refractivity contribution in [1.29, 1.82) is 0 Å². The number of amides is 1. The third kappa shape index (κ3) is 3.21. The van der Waals surface area contributed by atoms with Crippen molar-refractivity contribution in [1.82, 2.24) is 15.3 Å². The third-order valence-electron chi connectivity index (χ3n) is 5.73. The minimum atomic E-state index is -0.242. The Bertz CT molecular complexity index is 997. The molecule has 0 radical (unpaired) electrons. The normalized spacial score (nSPS) is 23.8. The molecule has 0 unspecified atom stereocenters. The van der Waals surface area contributed by atoms with Crippen LogP contribution in [0.4, 0.5) is 10.1 Å². The maximum atomic E-state index is 13.0. The van der Waals surface area contributed by atoms with E-state index in [9.17, 15) is 9.18 Å². The number of benzene rings is 2. The first-order chi connectivity index (χ1) is 13.1. The molecule has 3 aromatic rings. The average Bonchev–Trinajstić information content (AvgIpc) is 3.38. The number of fused-ring (bicyclic) bond motifs is 3. The smallest absolute Gasteiger partial charge is 0.241 e. The van der Waals surface area contributed by atoms with Gasteiger partial charge in [-0.3, -0.25) is 4.79 Å². The van der Waals surface area contributed by atoms with E-state index in [-0.39, 0.29) is 17.8 Å². The van der Waals surface area contributed by atoms with Gasteiger partial charge in [0.05, 0.1) is 17.1 Å². The summed E-state index contributed by atoms with van der Waals surface area (Å²) in [4.78, 5) is 20.5. The van der Waals surface area contributed by atoms with Crippen LogP contribution in [0.2, 0.25) is 0 Å². The second kappa shape index (κ2) is 6.46. The molecule has 1 saturated carbocycles. The number of anilines is 1. The fraction of sp³-hybridized carbons (Fsp3) is 0.333. The molecule has 2 aromatic carbocycles. The van der Waals surface area contributed by atoms with Gasteiger partial charge in [-0.25, -0.2) is 9.37 Å². The number of imidazole rings is 1. The molecule has 0 spiro atoms. The van der Waals surface area contributed by atoms with Crippen molar-refractivity contribution in [3.63, 3.8) is 0 Å². The van der Waals surface area contributed by atoms with Crippen LogP contribution in [0.1, 0.15) is 30.7 Å². The molecule has 2 heterocycles. The second-order valence-electron chi connectivity index (χ2n) is 7.62. The highest BCUT2D eigenvalue weighted by Gasteiger charge is 2.42. The topological polar surface area (TPSA) is 69.8 Å². The predicted octanol–water partition coefficient (Wildman–Crippen LogP) is 3.37. The van der Waals surface area contributed by atoms with Gasteiger partial charge in [0, 0.05) is 18.2 Å². The molecule has 2 bridgehead atoms. The number of hydrogen-bond acceptors (Lipinski definition) is 3. The summed E-state index contributed by atoms with van der Waals surface area (Å²) in [6, 6.07) is 12.6. The van der Waals surface area contributed by atoms with Crippen LogP contribution in [0.25, 0.3) is 11.0 Å². The first-order valence-corrected chi connectivity index (χ1v) is 9.44. The van der Waals surface area contributed by atoms with Gasteiger partial charge in [-0.2, -0.15) is 0 Å². The zero-order valence-electron chi connectivity index (χ0n) is 14.8. The molecule has 1 amide bonds. The number of carbonyl (C=O) groups is 1. The minimum absolute atomic E-state index is 0.0487. The fourth-order valence-corrected chi connectivity index (χ4v) is 4.39. The van der Waals surface area contributed by atoms with Gasteiger partial charge in [0.15, 0.2) is 0 Å². The van der Waals surface area contributed by atoms with Gasteiger partial charge in [0.25, 0.3) is 0 Å². The highest BCUT2D eigenvalue weighted by molar-refractivity contribution is 5.97. The van der Waals surface area contributed by atoms with E-state index in [0.717, 1.165) is 41.0 Å². The molecular weight excluding hydrogens is 343 g/mol. The van der Waals surface area contributed by atoms with E-state index in [0.29, 0.717) is 18.4 Å². The summed E-state index contributed by atoms with van der Waals surface area (Å²) in [5.41, 5.74) is 3.49. The van der Waals surface area contributed by atoms with Crippen molar-refractivity contribution >= 4 is 22.6 Å². The molecule has 1 aliphatic carbocycles. The van der Waals surface area contributed by atoms with E-state index < -0.39 is 0 Å². The second-order valence-corrected chi connectivity index (χ2v) is 7.62. The Balaban J connectivity index is 1.31. The van der Waals surface area contributed by atoms with E-state index in [1.165, 1.54) is 18.6 Å². The number of nitrogens with one attached hydrogen (secondary N) is 3. The molecule has 2 fully saturated rings. The van der Waals surface area contributed by atoms with Crippen LogP contribution in [0.3, 0.4) is 0 Å². The van der Waals surface area contributed by atoms with Crippen molar-refractivity contribution in [2.75, 3.05) is 5.32 Å². The molecule has 3 N–H and O–H groups in total. The number of piperidine rings is 1. The Hall–Kier alpha value is -2.73. The summed E-state index contributed by atoms with van der Waals surface area (Å²) in [6.45, 7) is 0. The maximum absolute atomic E-state index is 13.0. The molecule has 5 nitrogen and oxygen atoms in total. The molecule has 6 heteroatoms. The van der Waals surface area contributed by atoms with Gasteiger partial charge < -0.3 is 15.6 Å². The number of nitrogens with zero attached hydrogens (tertiary/aromatic N) is 1. The number of hydrogen-bond donors (Lipinski definition) is 3. The lowest BCUT2D eigenvalue weighted by molar-refractivity contribution is -0.119. The highest BCUT2D eigenvalue weighted by atomic mass is 19.1. The molecule has 1 saturated heterocycles. The summed E-state index contributed by atoms with van der Waals surface area (Å²) in [5, 5.41) is 6.46. The zero-order chi connectivity index (χ0) is 18.4. The standard InChI is InChI=1S/C21H21FN4O/c22-14-4-1-12(2-5-14)9-19-25-17-8-7-16(11-18(17)26-19)24-21(27)20-13-3-6-15(10-13)23-20/h1-2,4-5,7-8,11,13,15,20,23H,3,6,9-10H2,(H,24,27)(H,25,26)/t13-,15+,20-/m0/s1. The van der Waals surface area contributed by atoms with Crippen molar-refractivity contribution < 1.29 is 9.18 Å². The predicted molar refractivity (Wildman–Crippen MR) is 102 cm³/mol. The molecule has 1 aliphatic heterocycles. The van der Waals surface area contributed by atoms with E-state index >= 15 is 0 Å². The van der Waals surface area contributed by atoms with Crippen LogP contribution in [-0.4, -0.2) is 28.0 Å². The van der Waals surface area contributed by atoms with Gasteiger partial charge in [0.1, 0.15) is 11.6 Å². The van der Waals surface area contributed by atoms with Crippen molar-refractivity contribution in [3.8, 4) is 0 Å². The number of carbonyl (C=O) groups excluding carboxylic acids is 1. The molecule has 2 aliphatic rings. The van der Waals surface area contributed by atoms with E-state index in [2.05, 4.69) is 20.6 Å². The lowest BCUT2D eigenvalue weighted by Gasteiger charge is -2.22. The number of aromatic amines is 1.